The average Bonchev–Trinajstić information content (AvgIpc) is 2.83. The largest absolute Gasteiger partial charge is 0.497 e. The van der Waals surface area contributed by atoms with E-state index in [1.165, 1.54) is 6.08 Å². The molecule has 6 heteroatoms. The first-order valence-electron chi connectivity index (χ1n) is 10.1. The molecule has 0 saturated heterocycles. The van der Waals surface area contributed by atoms with Crippen molar-refractivity contribution in [2.45, 2.75) is 13.5 Å². The third-order valence-corrected chi connectivity index (χ3v) is 4.55. The first-order valence-corrected chi connectivity index (χ1v) is 10.1. The van der Waals surface area contributed by atoms with Crippen LogP contribution in [0.3, 0.4) is 0 Å². The fourth-order valence-electron chi connectivity index (χ4n) is 2.92. The molecule has 0 aliphatic rings. The quantitative estimate of drug-likeness (QED) is 0.373. The first-order chi connectivity index (χ1) is 15.6. The van der Waals surface area contributed by atoms with Crippen LogP contribution in [0.25, 0.3) is 6.08 Å². The highest BCUT2D eigenvalue weighted by Crippen LogP contribution is 2.28. The van der Waals surface area contributed by atoms with E-state index in [0.29, 0.717) is 41.7 Å². The summed E-state index contributed by atoms with van der Waals surface area (Å²) < 4.78 is 16.7. The Balaban J connectivity index is 1.80. The molecule has 1 N–H and O–H groups in total. The Morgan fingerprint density at radius 2 is 1.72 bits per heavy atom. The monoisotopic (exact) mass is 428 g/mol. The lowest BCUT2D eigenvalue weighted by molar-refractivity contribution is -0.112. The zero-order valence-electron chi connectivity index (χ0n) is 18.0. The maximum atomic E-state index is 12.7. The number of nitrogens with one attached hydrogen (secondary N) is 1. The van der Waals surface area contributed by atoms with Crippen molar-refractivity contribution in [3.05, 3.63) is 89.5 Å². The minimum absolute atomic E-state index is 0.0476. The predicted octanol–water partition coefficient (Wildman–Crippen LogP) is 5.22. The molecule has 0 radical (unpaired) electrons. The molecular weight excluding hydrogens is 404 g/mol. The second-order valence-electron chi connectivity index (χ2n) is 6.76. The van der Waals surface area contributed by atoms with E-state index in [-0.39, 0.29) is 5.57 Å². The molecule has 1 amide bonds. The standard InChI is InChI=1S/C26H24N2O4/c1-3-31-23-13-10-22(11-14-23)28-26(29)21(17-27)15-20-9-12-24(30-2)16-25(20)32-18-19-7-5-4-6-8-19/h4-16H,3,18H2,1-2H3,(H,28,29)/b21-15+. The van der Waals surface area contributed by atoms with E-state index in [4.69, 9.17) is 14.2 Å². The number of hydrogen-bond acceptors (Lipinski definition) is 5. The highest BCUT2D eigenvalue weighted by molar-refractivity contribution is 6.09. The van der Waals surface area contributed by atoms with E-state index in [0.717, 1.165) is 5.56 Å². The van der Waals surface area contributed by atoms with Crippen molar-refractivity contribution in [3.63, 3.8) is 0 Å². The Labute approximate surface area is 187 Å². The molecule has 3 aromatic carbocycles. The van der Waals surface area contributed by atoms with Crippen LogP contribution in [0.2, 0.25) is 0 Å². The van der Waals surface area contributed by atoms with Crippen molar-refractivity contribution in [3.8, 4) is 23.3 Å². The van der Waals surface area contributed by atoms with Gasteiger partial charge in [0.05, 0.1) is 13.7 Å². The summed E-state index contributed by atoms with van der Waals surface area (Å²) >= 11 is 0. The molecule has 0 bridgehead atoms. The summed E-state index contributed by atoms with van der Waals surface area (Å²) in [5.41, 5.74) is 2.11. The maximum Gasteiger partial charge on any atom is 0.266 e. The van der Waals surface area contributed by atoms with E-state index in [1.807, 2.05) is 43.3 Å². The van der Waals surface area contributed by atoms with Gasteiger partial charge in [0.15, 0.2) is 0 Å². The minimum Gasteiger partial charge on any atom is -0.497 e. The van der Waals surface area contributed by atoms with Crippen molar-refractivity contribution in [2.24, 2.45) is 0 Å². The van der Waals surface area contributed by atoms with Gasteiger partial charge in [-0.2, -0.15) is 5.26 Å². The summed E-state index contributed by atoms with van der Waals surface area (Å²) in [6, 6.07) is 23.9. The van der Waals surface area contributed by atoms with Crippen LogP contribution in [0.15, 0.2) is 78.4 Å². The Morgan fingerprint density at radius 1 is 1.00 bits per heavy atom. The molecule has 0 atom stereocenters. The third-order valence-electron chi connectivity index (χ3n) is 4.55. The van der Waals surface area contributed by atoms with Crippen LogP contribution in [0.4, 0.5) is 5.69 Å². The normalized spacial score (nSPS) is 10.7. The lowest BCUT2D eigenvalue weighted by Gasteiger charge is -2.12. The van der Waals surface area contributed by atoms with Crippen LogP contribution < -0.4 is 19.5 Å². The summed E-state index contributed by atoms with van der Waals surface area (Å²) in [5.74, 6) is 1.32. The van der Waals surface area contributed by atoms with E-state index < -0.39 is 5.91 Å². The molecule has 0 aliphatic heterocycles. The topological polar surface area (TPSA) is 80.6 Å². The van der Waals surface area contributed by atoms with Gasteiger partial charge >= 0.3 is 0 Å². The van der Waals surface area contributed by atoms with Crippen molar-refractivity contribution in [1.82, 2.24) is 0 Å². The van der Waals surface area contributed by atoms with Gasteiger partial charge in [-0.3, -0.25) is 4.79 Å². The summed E-state index contributed by atoms with van der Waals surface area (Å²) in [5, 5.41) is 12.3. The van der Waals surface area contributed by atoms with E-state index in [1.54, 1.807) is 49.6 Å². The predicted molar refractivity (Wildman–Crippen MR) is 124 cm³/mol. The second-order valence-corrected chi connectivity index (χ2v) is 6.76. The van der Waals surface area contributed by atoms with Crippen molar-refractivity contribution < 1.29 is 19.0 Å². The van der Waals surface area contributed by atoms with Gasteiger partial charge < -0.3 is 19.5 Å². The number of rotatable bonds is 9. The van der Waals surface area contributed by atoms with Crippen LogP contribution in [0, 0.1) is 11.3 Å². The molecule has 32 heavy (non-hydrogen) atoms. The molecule has 0 fully saturated rings. The smallest absolute Gasteiger partial charge is 0.266 e. The van der Waals surface area contributed by atoms with Gasteiger partial charge in [-0.05, 0) is 55.0 Å². The Morgan fingerprint density at radius 3 is 2.38 bits per heavy atom. The van der Waals surface area contributed by atoms with Crippen LogP contribution in [-0.4, -0.2) is 19.6 Å². The molecule has 0 saturated carbocycles. The van der Waals surface area contributed by atoms with Crippen LogP contribution in [0.5, 0.6) is 17.2 Å². The van der Waals surface area contributed by atoms with Crippen LogP contribution >= 0.6 is 0 Å². The molecule has 3 rings (SSSR count). The van der Waals surface area contributed by atoms with Crippen LogP contribution in [-0.2, 0) is 11.4 Å². The van der Waals surface area contributed by atoms with Crippen molar-refractivity contribution in [1.29, 1.82) is 5.26 Å². The lowest BCUT2D eigenvalue weighted by atomic mass is 10.1. The number of amides is 1. The van der Waals surface area contributed by atoms with Crippen molar-refractivity contribution >= 4 is 17.7 Å². The van der Waals surface area contributed by atoms with E-state index in [2.05, 4.69) is 5.32 Å². The molecule has 0 heterocycles. The Kier molecular flexibility index (Phi) is 7.88. The van der Waals surface area contributed by atoms with Gasteiger partial charge in [0.25, 0.3) is 5.91 Å². The lowest BCUT2D eigenvalue weighted by Crippen LogP contribution is -2.13. The molecule has 0 aromatic heterocycles. The molecule has 162 valence electrons. The van der Waals surface area contributed by atoms with Gasteiger partial charge in [0, 0.05) is 17.3 Å². The molecule has 0 spiro atoms. The summed E-state index contributed by atoms with van der Waals surface area (Å²) in [6.07, 6.45) is 1.50. The maximum absolute atomic E-state index is 12.7. The number of hydrogen-bond donors (Lipinski definition) is 1. The SMILES string of the molecule is CCOc1ccc(NC(=O)/C(C#N)=C/c2ccc(OC)cc2OCc2ccccc2)cc1. The molecular formula is C26H24N2O4. The average molecular weight is 428 g/mol. The summed E-state index contributed by atoms with van der Waals surface area (Å²) in [4.78, 5) is 12.7. The zero-order chi connectivity index (χ0) is 22.8. The number of methoxy groups -OCH3 is 1. The van der Waals surface area contributed by atoms with Gasteiger partial charge in [-0.15, -0.1) is 0 Å². The van der Waals surface area contributed by atoms with Gasteiger partial charge in [-0.25, -0.2) is 0 Å². The Bertz CT molecular complexity index is 1120. The first kappa shape index (κ1) is 22.4. The zero-order valence-corrected chi connectivity index (χ0v) is 18.0. The molecule has 3 aromatic rings. The number of anilines is 1. The minimum atomic E-state index is -0.513. The van der Waals surface area contributed by atoms with Crippen molar-refractivity contribution in [2.75, 3.05) is 19.0 Å². The number of carbonyl (C=O) groups is 1. The molecule has 0 unspecified atom stereocenters. The third kappa shape index (κ3) is 6.13. The fourth-order valence-corrected chi connectivity index (χ4v) is 2.92. The van der Waals surface area contributed by atoms with Gasteiger partial charge in [0.1, 0.15) is 35.5 Å². The van der Waals surface area contributed by atoms with E-state index >= 15 is 0 Å². The molecule has 6 nitrogen and oxygen atoms in total. The highest BCUT2D eigenvalue weighted by atomic mass is 16.5. The molecule has 0 aliphatic carbocycles. The summed E-state index contributed by atoms with van der Waals surface area (Å²) in [7, 11) is 1.57. The Hall–Kier alpha value is -4.24. The van der Waals surface area contributed by atoms with E-state index in [9.17, 15) is 10.1 Å². The van der Waals surface area contributed by atoms with Gasteiger partial charge in [0.2, 0.25) is 0 Å². The fraction of sp³-hybridized carbons (Fsp3) is 0.154. The number of nitrogens with zero attached hydrogens (tertiary/aromatic N) is 1. The highest BCUT2D eigenvalue weighted by Gasteiger charge is 2.13. The number of benzene rings is 3. The number of nitriles is 1. The van der Waals surface area contributed by atoms with Crippen LogP contribution in [0.1, 0.15) is 18.1 Å². The second kappa shape index (κ2) is 11.2. The number of ether oxygens (including phenoxy) is 3. The number of carbonyl (C=O) groups excluding carboxylic acids is 1. The van der Waals surface area contributed by atoms with Gasteiger partial charge in [-0.1, -0.05) is 30.3 Å². The summed E-state index contributed by atoms with van der Waals surface area (Å²) in [6.45, 7) is 2.80.